The molecule has 0 fully saturated rings. The second-order valence-electron chi connectivity index (χ2n) is 5.75. The van der Waals surface area contributed by atoms with Crippen LogP contribution in [-0.2, 0) is 19.1 Å². The van der Waals surface area contributed by atoms with Crippen molar-refractivity contribution in [3.8, 4) is 0 Å². The largest absolute Gasteiger partial charge is 0.463 e. The third kappa shape index (κ3) is 26.2. The number of aliphatic hydroxyl groups is 1. The second kappa shape index (κ2) is 17.3. The number of carbonyl (C=O) groups excluding carboxylic acids is 2. The van der Waals surface area contributed by atoms with Gasteiger partial charge in [0.05, 0.1) is 31.7 Å². The van der Waals surface area contributed by atoms with Crippen LogP contribution in [0.15, 0.2) is 24.8 Å². The number of ether oxygens (including phenoxy) is 2. The van der Waals surface area contributed by atoms with Crippen molar-refractivity contribution in [2.45, 2.75) is 20.0 Å². The molecule has 0 bridgehead atoms. The van der Waals surface area contributed by atoms with E-state index >= 15 is 0 Å². The summed E-state index contributed by atoms with van der Waals surface area (Å²) in [4.78, 5) is 29.4. The van der Waals surface area contributed by atoms with Crippen molar-refractivity contribution in [2.24, 2.45) is 0 Å². The van der Waals surface area contributed by atoms with Crippen molar-refractivity contribution in [1.29, 1.82) is 0 Å². The maximum Gasteiger partial charge on any atom is 0.333 e. The monoisotopic (exact) mass is 412 g/mol. The van der Waals surface area contributed by atoms with Gasteiger partial charge in [-0.15, -0.1) is 11.6 Å². The summed E-state index contributed by atoms with van der Waals surface area (Å²) in [7, 11) is 3.90. The normalized spacial score (nSPS) is 10.7. The molecule has 158 valence electrons. The first kappa shape index (κ1) is 29.6. The predicted octanol–water partition coefficient (Wildman–Crippen LogP) is 1.28. The number of alkyl halides is 1. The van der Waals surface area contributed by atoms with E-state index in [9.17, 15) is 14.7 Å². The van der Waals surface area contributed by atoms with Crippen LogP contribution in [0.1, 0.15) is 13.8 Å². The Morgan fingerprint density at radius 3 is 2.11 bits per heavy atom. The molecule has 10 nitrogen and oxygen atoms in total. The molecular formula is C16H29ClN2O8. The number of rotatable bonds is 9. The average molecular weight is 413 g/mol. The molecule has 27 heavy (non-hydrogen) atoms. The van der Waals surface area contributed by atoms with E-state index in [2.05, 4.69) is 17.9 Å². The number of hydrogen-bond donors (Lipinski definition) is 1. The van der Waals surface area contributed by atoms with Gasteiger partial charge in [0.25, 0.3) is 0 Å². The number of halogens is 1. The number of quaternary nitrogens is 1. The van der Waals surface area contributed by atoms with Crippen molar-refractivity contribution < 1.29 is 33.7 Å². The Balaban J connectivity index is -0.000000431. The number of esters is 2. The first-order valence-electron chi connectivity index (χ1n) is 7.82. The molecule has 0 aliphatic carbocycles. The van der Waals surface area contributed by atoms with Crippen LogP contribution < -0.4 is 0 Å². The van der Waals surface area contributed by atoms with Crippen molar-refractivity contribution in [3.63, 3.8) is 0 Å². The molecular weight excluding hydrogens is 384 g/mol. The van der Waals surface area contributed by atoms with Gasteiger partial charge in [-0.3, -0.25) is 0 Å². The van der Waals surface area contributed by atoms with E-state index in [-0.39, 0.29) is 17.8 Å². The molecule has 0 saturated heterocycles. The minimum absolute atomic E-state index is 0.216. The smallest absolute Gasteiger partial charge is 0.333 e. The Morgan fingerprint density at radius 2 is 1.81 bits per heavy atom. The Hall–Kier alpha value is -2.17. The molecule has 0 aromatic rings. The highest BCUT2D eigenvalue weighted by Gasteiger charge is 2.20. The van der Waals surface area contributed by atoms with Gasteiger partial charge < -0.3 is 34.4 Å². The van der Waals surface area contributed by atoms with E-state index in [0.29, 0.717) is 36.4 Å². The minimum Gasteiger partial charge on any atom is -0.463 e. The Kier molecular flexibility index (Phi) is 18.9. The molecule has 0 spiro atoms. The zero-order valence-electron chi connectivity index (χ0n) is 16.2. The molecule has 0 saturated carbocycles. The molecule has 0 rings (SSSR count). The Labute approximate surface area is 164 Å². The number of likely N-dealkylation sites (N-methyl/N-ethyl adjacent to an activating group) is 1. The van der Waals surface area contributed by atoms with E-state index in [4.69, 9.17) is 31.7 Å². The Bertz CT molecular complexity index is 479. The van der Waals surface area contributed by atoms with Gasteiger partial charge in [-0.1, -0.05) is 13.2 Å². The molecule has 0 heterocycles. The van der Waals surface area contributed by atoms with Crippen LogP contribution in [0.3, 0.4) is 0 Å². The van der Waals surface area contributed by atoms with Gasteiger partial charge in [0, 0.05) is 11.6 Å². The maximum atomic E-state index is 11.1. The van der Waals surface area contributed by atoms with Gasteiger partial charge in [0.2, 0.25) is 0 Å². The van der Waals surface area contributed by atoms with Crippen LogP contribution >= 0.6 is 11.6 Å². The first-order valence-corrected chi connectivity index (χ1v) is 8.35. The summed E-state index contributed by atoms with van der Waals surface area (Å²) in [5.74, 6) is -0.520. The molecule has 11 heteroatoms. The molecule has 0 aliphatic rings. The molecule has 1 atom stereocenters. The summed E-state index contributed by atoms with van der Waals surface area (Å²) in [6.45, 7) is 12.0. The number of aliphatic hydroxyl groups excluding tert-OH is 1. The average Bonchev–Trinajstić information content (AvgIpc) is 2.54. The lowest BCUT2D eigenvalue weighted by molar-refractivity contribution is -0.893. The van der Waals surface area contributed by atoms with Gasteiger partial charge in [-0.05, 0) is 13.8 Å². The van der Waals surface area contributed by atoms with E-state index in [1.54, 1.807) is 13.8 Å². The fourth-order valence-corrected chi connectivity index (χ4v) is 1.52. The van der Waals surface area contributed by atoms with E-state index in [1.165, 1.54) is 0 Å². The molecule has 0 aliphatic heterocycles. The molecule has 0 amide bonds. The fourth-order valence-electron chi connectivity index (χ4n) is 1.42. The number of hydrogen-bond acceptors (Lipinski definition) is 8. The van der Waals surface area contributed by atoms with Crippen LogP contribution in [0.25, 0.3) is 0 Å². The second-order valence-corrected chi connectivity index (χ2v) is 6.05. The number of nitrogens with zero attached hydrogens (tertiary/aromatic N) is 2. The summed E-state index contributed by atoms with van der Waals surface area (Å²) in [6.07, 6.45) is 0.609. The number of carbonyl (C=O) groups is 2. The molecule has 0 aromatic carbocycles. The van der Waals surface area contributed by atoms with Crippen LogP contribution in [0, 0.1) is 15.3 Å². The standard InChI is InChI=1S/C11H21ClNO3.C5H8O2.NO3/c1-9(2)11(15)16-6-5-13(3,4)8-10(14)7-12;1-3-5(6)7-4-2;2-1(3)4/h10,14H,1,5-8H2,2-4H3;3H,1,4H2,2H3;/q+1;;-1. The minimum atomic E-state index is -1.75. The molecule has 0 aromatic heterocycles. The Morgan fingerprint density at radius 1 is 1.33 bits per heavy atom. The highest BCUT2D eigenvalue weighted by molar-refractivity contribution is 6.18. The lowest BCUT2D eigenvalue weighted by Gasteiger charge is -2.31. The van der Waals surface area contributed by atoms with Crippen molar-refractivity contribution in [2.75, 3.05) is 46.3 Å². The lowest BCUT2D eigenvalue weighted by atomic mass is 10.3. The van der Waals surface area contributed by atoms with Gasteiger partial charge >= 0.3 is 11.9 Å². The summed E-state index contributed by atoms with van der Waals surface area (Å²) in [5.41, 5.74) is 0.395. The predicted molar refractivity (Wildman–Crippen MR) is 102 cm³/mol. The van der Waals surface area contributed by atoms with E-state index < -0.39 is 11.2 Å². The van der Waals surface area contributed by atoms with Gasteiger partial charge in [0.15, 0.2) is 0 Å². The topological polar surface area (TPSA) is 139 Å². The van der Waals surface area contributed by atoms with Crippen LogP contribution in [-0.4, -0.2) is 79.0 Å². The third-order valence-electron chi connectivity index (χ3n) is 2.61. The van der Waals surface area contributed by atoms with Crippen LogP contribution in [0.2, 0.25) is 0 Å². The highest BCUT2D eigenvalue weighted by atomic mass is 35.5. The fraction of sp³-hybridized carbons (Fsp3) is 0.625. The maximum absolute atomic E-state index is 11.1. The first-order chi connectivity index (χ1) is 12.3. The van der Waals surface area contributed by atoms with Crippen molar-refractivity contribution >= 4 is 23.5 Å². The van der Waals surface area contributed by atoms with E-state index in [1.807, 2.05) is 14.1 Å². The van der Waals surface area contributed by atoms with Crippen LogP contribution in [0.5, 0.6) is 0 Å². The zero-order valence-corrected chi connectivity index (χ0v) is 16.9. The molecule has 0 radical (unpaired) electrons. The summed E-state index contributed by atoms with van der Waals surface area (Å²) < 4.78 is 9.97. The highest BCUT2D eigenvalue weighted by Crippen LogP contribution is 2.02. The molecule has 1 N–H and O–H groups in total. The summed E-state index contributed by atoms with van der Waals surface area (Å²) in [6, 6.07) is 0. The van der Waals surface area contributed by atoms with E-state index in [0.717, 1.165) is 6.08 Å². The van der Waals surface area contributed by atoms with Crippen molar-refractivity contribution in [3.05, 3.63) is 40.1 Å². The van der Waals surface area contributed by atoms with Crippen molar-refractivity contribution in [1.82, 2.24) is 0 Å². The van der Waals surface area contributed by atoms with Crippen LogP contribution in [0.4, 0.5) is 0 Å². The third-order valence-corrected chi connectivity index (χ3v) is 2.97. The van der Waals surface area contributed by atoms with Gasteiger partial charge in [-0.2, -0.15) is 0 Å². The zero-order chi connectivity index (χ0) is 22.0. The lowest BCUT2D eigenvalue weighted by Crippen LogP contribution is -2.48. The molecule has 1 unspecified atom stereocenters. The summed E-state index contributed by atoms with van der Waals surface area (Å²) >= 11 is 5.53. The SMILES string of the molecule is C=C(C)C(=O)OCC[N+](C)(C)CC(O)CCl.C=CC(=O)OCC.O=[N+]([O-])[O-]. The van der Waals surface area contributed by atoms with Gasteiger partial charge in [-0.25, -0.2) is 9.59 Å². The quantitative estimate of drug-likeness (QED) is 0.149. The van der Waals surface area contributed by atoms with Gasteiger partial charge in [0.1, 0.15) is 25.8 Å². The summed E-state index contributed by atoms with van der Waals surface area (Å²) in [5, 5.41) is 24.2.